The van der Waals surface area contributed by atoms with Gasteiger partial charge in [-0.3, -0.25) is 14.4 Å². The van der Waals surface area contributed by atoms with E-state index in [0.717, 1.165) is 58.3 Å². The second kappa shape index (κ2) is 14.3. The van der Waals surface area contributed by atoms with E-state index in [1.807, 2.05) is 18.8 Å². The van der Waals surface area contributed by atoms with Gasteiger partial charge in [-0.25, -0.2) is 0 Å². The van der Waals surface area contributed by atoms with Crippen LogP contribution in [0.5, 0.6) is 0 Å². The molecule has 0 aromatic carbocycles. The normalized spacial score (nSPS) is 24.5. The smallest absolute Gasteiger partial charge is 0.316 e. The Morgan fingerprint density at radius 2 is 1.67 bits per heavy atom. The minimum atomic E-state index is -0.842. The third-order valence-electron chi connectivity index (χ3n) is 5.39. The largest absolute Gasteiger partial charge is 0.480 e. The number of piperidine rings is 2. The van der Waals surface area contributed by atoms with Gasteiger partial charge in [0.2, 0.25) is 5.91 Å². The van der Waals surface area contributed by atoms with Crippen molar-refractivity contribution in [2.75, 3.05) is 40.3 Å². The van der Waals surface area contributed by atoms with Gasteiger partial charge in [-0.2, -0.15) is 12.6 Å². The monoisotopic (exact) mass is 464 g/mol. The molecule has 3 fully saturated rings. The van der Waals surface area contributed by atoms with Gasteiger partial charge in [-0.05, 0) is 39.8 Å². The van der Waals surface area contributed by atoms with Crippen molar-refractivity contribution >= 4 is 42.1 Å². The maximum atomic E-state index is 11.6. The lowest BCUT2D eigenvalue weighted by Gasteiger charge is -2.36. The van der Waals surface area contributed by atoms with E-state index in [-0.39, 0.29) is 22.2 Å². The quantitative estimate of drug-likeness (QED) is 0.469. The van der Waals surface area contributed by atoms with Crippen LogP contribution in [0.15, 0.2) is 0 Å². The molecule has 176 valence electrons. The second-order valence-electron chi connectivity index (χ2n) is 7.91. The van der Waals surface area contributed by atoms with E-state index in [9.17, 15) is 14.4 Å². The Kier molecular flexibility index (Phi) is 13.9. The molecule has 0 aliphatic carbocycles. The minimum Gasteiger partial charge on any atom is -0.480 e. The zero-order chi connectivity index (χ0) is 22.0. The van der Waals surface area contributed by atoms with Crippen LogP contribution >= 0.6 is 24.4 Å². The SMILES string of the molecule is CC[C@@H]1SC2(CCN(C)CC2)NC1=O.CC[C@H](S)C(=O)O.CN1CCC(=O)CC1.N. The number of thioether (sulfide) groups is 1. The first-order valence-electron chi connectivity index (χ1n) is 10.4. The van der Waals surface area contributed by atoms with Crippen molar-refractivity contribution < 1.29 is 19.5 Å². The molecule has 8 nitrogen and oxygen atoms in total. The van der Waals surface area contributed by atoms with Crippen molar-refractivity contribution in [2.45, 2.75) is 67.7 Å². The van der Waals surface area contributed by atoms with Crippen molar-refractivity contribution in [3.8, 4) is 0 Å². The molecule has 3 saturated heterocycles. The number of rotatable bonds is 3. The van der Waals surface area contributed by atoms with Crippen LogP contribution in [-0.2, 0) is 14.4 Å². The molecule has 3 rings (SSSR count). The van der Waals surface area contributed by atoms with Gasteiger partial charge in [0.25, 0.3) is 0 Å². The highest BCUT2D eigenvalue weighted by atomic mass is 32.2. The van der Waals surface area contributed by atoms with Gasteiger partial charge in [0, 0.05) is 39.0 Å². The van der Waals surface area contributed by atoms with Gasteiger partial charge in [0.05, 0.1) is 15.4 Å². The maximum absolute atomic E-state index is 11.6. The van der Waals surface area contributed by atoms with Crippen LogP contribution in [-0.4, -0.2) is 88.2 Å². The van der Waals surface area contributed by atoms with Crippen LogP contribution < -0.4 is 11.5 Å². The molecule has 0 saturated carbocycles. The first kappa shape index (κ1) is 29.2. The summed E-state index contributed by atoms with van der Waals surface area (Å²) in [6.45, 7) is 7.99. The lowest BCUT2D eigenvalue weighted by atomic mass is 10.0. The highest BCUT2D eigenvalue weighted by Gasteiger charge is 2.45. The molecule has 2 atom stereocenters. The molecule has 0 radical (unpaired) electrons. The number of carbonyl (C=O) groups is 3. The van der Waals surface area contributed by atoms with E-state index in [2.05, 4.69) is 41.7 Å². The number of carboxylic acid groups (broad SMARTS) is 1. The summed E-state index contributed by atoms with van der Waals surface area (Å²) >= 11 is 5.58. The zero-order valence-electron chi connectivity index (χ0n) is 18.9. The number of thiol groups is 1. The number of nitrogens with one attached hydrogen (secondary N) is 1. The molecule has 5 N–H and O–H groups in total. The number of hydrogen-bond donors (Lipinski definition) is 4. The molecule has 10 heteroatoms. The molecule has 1 spiro atoms. The number of aliphatic carboxylic acids is 1. The number of nitrogens with zero attached hydrogens (tertiary/aromatic N) is 2. The molecular formula is C20H40N4O4S2. The Morgan fingerprint density at radius 3 is 2.00 bits per heavy atom. The topological polar surface area (TPSA) is 125 Å². The highest BCUT2D eigenvalue weighted by Crippen LogP contribution is 2.42. The van der Waals surface area contributed by atoms with Gasteiger partial charge >= 0.3 is 5.97 Å². The molecule has 1 amide bonds. The van der Waals surface area contributed by atoms with Crippen molar-refractivity contribution in [1.29, 1.82) is 0 Å². The van der Waals surface area contributed by atoms with Crippen molar-refractivity contribution in [3.63, 3.8) is 0 Å². The summed E-state index contributed by atoms with van der Waals surface area (Å²) in [5.74, 6) is -0.170. The fourth-order valence-electron chi connectivity index (χ4n) is 3.19. The number of carboxylic acids is 1. The molecule has 3 aliphatic rings. The lowest BCUT2D eigenvalue weighted by molar-refractivity contribution is -0.136. The third-order valence-corrected chi connectivity index (χ3v) is 7.77. The predicted molar refractivity (Wildman–Crippen MR) is 127 cm³/mol. The molecule has 0 bridgehead atoms. The summed E-state index contributed by atoms with van der Waals surface area (Å²) in [7, 11) is 4.19. The average Bonchev–Trinajstić information content (AvgIpc) is 3.02. The van der Waals surface area contributed by atoms with E-state index < -0.39 is 11.2 Å². The lowest BCUT2D eigenvalue weighted by Crippen LogP contribution is -2.48. The number of likely N-dealkylation sites (tertiary alicyclic amines) is 2. The summed E-state index contributed by atoms with van der Waals surface area (Å²) in [6, 6.07) is 0. The molecule has 0 aromatic rings. The van der Waals surface area contributed by atoms with Crippen molar-refractivity contribution in [3.05, 3.63) is 0 Å². The Hall–Kier alpha value is -0.810. The predicted octanol–water partition coefficient (Wildman–Crippen LogP) is 2.27. The van der Waals surface area contributed by atoms with Gasteiger partial charge in [-0.15, -0.1) is 11.8 Å². The number of carbonyl (C=O) groups excluding carboxylic acids is 2. The van der Waals surface area contributed by atoms with Crippen LogP contribution in [0.4, 0.5) is 0 Å². The summed E-state index contributed by atoms with van der Waals surface area (Å²) in [5, 5.41) is 11.0. The third kappa shape index (κ3) is 10.00. The first-order chi connectivity index (χ1) is 13.6. The van der Waals surface area contributed by atoms with Crippen molar-refractivity contribution in [1.82, 2.24) is 21.3 Å². The van der Waals surface area contributed by atoms with Crippen LogP contribution in [0.2, 0.25) is 0 Å². The van der Waals surface area contributed by atoms with Crippen LogP contribution in [0.3, 0.4) is 0 Å². The molecule has 3 heterocycles. The number of amides is 1. The second-order valence-corrected chi connectivity index (χ2v) is 10.1. The molecule has 3 aliphatic heterocycles. The van der Waals surface area contributed by atoms with Gasteiger partial charge in [0.15, 0.2) is 0 Å². The summed E-state index contributed by atoms with van der Waals surface area (Å²) in [5.41, 5.74) is 0. The van der Waals surface area contributed by atoms with Crippen LogP contribution in [0, 0.1) is 0 Å². The fourth-order valence-corrected chi connectivity index (χ4v) is 4.65. The Labute approximate surface area is 190 Å². The van der Waals surface area contributed by atoms with Gasteiger partial charge in [-0.1, -0.05) is 13.8 Å². The first-order valence-corrected chi connectivity index (χ1v) is 11.8. The summed E-state index contributed by atoms with van der Waals surface area (Å²) < 4.78 is 0. The van der Waals surface area contributed by atoms with E-state index >= 15 is 0 Å². The molecule has 0 unspecified atom stereocenters. The van der Waals surface area contributed by atoms with E-state index in [1.165, 1.54) is 0 Å². The fraction of sp³-hybridized carbons (Fsp3) is 0.850. The average molecular weight is 465 g/mol. The number of hydrogen-bond acceptors (Lipinski definition) is 8. The molecule has 30 heavy (non-hydrogen) atoms. The van der Waals surface area contributed by atoms with Gasteiger partial charge < -0.3 is 26.4 Å². The van der Waals surface area contributed by atoms with E-state index in [1.54, 1.807) is 6.92 Å². The Morgan fingerprint density at radius 1 is 1.17 bits per heavy atom. The van der Waals surface area contributed by atoms with E-state index in [0.29, 0.717) is 12.2 Å². The van der Waals surface area contributed by atoms with Gasteiger partial charge in [0.1, 0.15) is 5.78 Å². The minimum absolute atomic E-state index is 0. The van der Waals surface area contributed by atoms with Crippen molar-refractivity contribution in [2.24, 2.45) is 0 Å². The molecule has 0 aromatic heterocycles. The van der Waals surface area contributed by atoms with Crippen LogP contribution in [0.1, 0.15) is 52.4 Å². The number of Topliss-reactive ketones (excluding diaryl/α,β-unsaturated/α-hetero) is 1. The van der Waals surface area contributed by atoms with E-state index in [4.69, 9.17) is 5.11 Å². The molecular weight excluding hydrogens is 424 g/mol. The highest BCUT2D eigenvalue weighted by molar-refractivity contribution is 8.02. The number of ketones is 1. The maximum Gasteiger partial charge on any atom is 0.316 e. The Bertz CT molecular complexity index is 547. The Balaban J connectivity index is 0.000000453. The standard InChI is InChI=1S/C10H18N2OS.C6H11NO.C4H8O2S.H3N/c1-3-8-9(13)11-10(14-8)4-6-12(2)7-5-10;1-7-4-2-6(8)3-5-7;1-2-3(7)4(5)6;/h8H,3-7H2,1-2H3,(H,11,13);2-5H2,1H3;3,7H,2H2,1H3,(H,5,6);1H3/t8-;;3-;/m0.0./s1. The zero-order valence-corrected chi connectivity index (χ0v) is 20.6. The van der Waals surface area contributed by atoms with Crippen LogP contribution in [0.25, 0.3) is 0 Å². The summed E-state index contributed by atoms with van der Waals surface area (Å²) in [6.07, 6.45) is 5.24. The summed E-state index contributed by atoms with van der Waals surface area (Å²) in [4.78, 5) is 36.6.